The van der Waals surface area contributed by atoms with Gasteiger partial charge in [0.1, 0.15) is 5.25 Å². The van der Waals surface area contributed by atoms with E-state index in [2.05, 4.69) is 48.4 Å². The maximum Gasteiger partial charge on any atom is 0.174 e. The summed E-state index contributed by atoms with van der Waals surface area (Å²) >= 11 is 0. The molecule has 0 amide bonds. The van der Waals surface area contributed by atoms with E-state index in [0.29, 0.717) is 5.82 Å². The molecule has 0 N–H and O–H groups in total. The predicted molar refractivity (Wildman–Crippen MR) is 115 cm³/mol. The Labute approximate surface area is 172 Å². The lowest BCUT2D eigenvalue weighted by molar-refractivity contribution is 0.579. The second kappa shape index (κ2) is 7.71. The summed E-state index contributed by atoms with van der Waals surface area (Å²) < 4.78 is 28.0. The number of aryl methyl sites for hydroxylation is 2. The molecule has 6 nitrogen and oxygen atoms in total. The summed E-state index contributed by atoms with van der Waals surface area (Å²) in [6.45, 7) is 12.1. The van der Waals surface area contributed by atoms with Gasteiger partial charge in [0.2, 0.25) is 0 Å². The first-order valence-electron chi connectivity index (χ1n) is 9.66. The summed E-state index contributed by atoms with van der Waals surface area (Å²) in [6, 6.07) is 13.5. The average molecular weight is 413 g/mol. The van der Waals surface area contributed by atoms with Gasteiger partial charge in [0.05, 0.1) is 11.4 Å². The molecule has 29 heavy (non-hydrogen) atoms. The van der Waals surface area contributed by atoms with E-state index < -0.39 is 15.1 Å². The van der Waals surface area contributed by atoms with Crippen LogP contribution in [-0.4, -0.2) is 28.6 Å². The Bertz CT molecular complexity index is 1090. The summed E-state index contributed by atoms with van der Waals surface area (Å²) in [5, 5.41) is 10.9. The van der Waals surface area contributed by atoms with E-state index in [1.807, 2.05) is 44.2 Å². The molecule has 1 heterocycles. The zero-order valence-corrected chi connectivity index (χ0v) is 18.7. The van der Waals surface area contributed by atoms with Crippen LogP contribution in [0.4, 0.5) is 0 Å². The Morgan fingerprint density at radius 1 is 1.03 bits per heavy atom. The van der Waals surface area contributed by atoms with Gasteiger partial charge in [-0.3, -0.25) is 0 Å². The van der Waals surface area contributed by atoms with Crippen LogP contribution in [0.5, 0.6) is 0 Å². The van der Waals surface area contributed by atoms with Crippen molar-refractivity contribution in [2.75, 3.05) is 0 Å². The van der Waals surface area contributed by atoms with Crippen molar-refractivity contribution in [1.82, 2.24) is 20.2 Å². The molecule has 0 saturated heterocycles. The highest BCUT2D eigenvalue weighted by molar-refractivity contribution is 7.90. The average Bonchev–Trinajstić information content (AvgIpc) is 3.13. The Balaban J connectivity index is 1.95. The van der Waals surface area contributed by atoms with E-state index >= 15 is 0 Å². The highest BCUT2D eigenvalue weighted by atomic mass is 32.2. The van der Waals surface area contributed by atoms with Crippen molar-refractivity contribution in [3.05, 3.63) is 70.5 Å². The smallest absolute Gasteiger partial charge is 0.174 e. The van der Waals surface area contributed by atoms with Gasteiger partial charge in [-0.05, 0) is 71.0 Å². The van der Waals surface area contributed by atoms with E-state index in [4.69, 9.17) is 0 Å². The quantitative estimate of drug-likeness (QED) is 0.626. The van der Waals surface area contributed by atoms with Gasteiger partial charge in [-0.25, -0.2) is 8.42 Å². The van der Waals surface area contributed by atoms with Crippen molar-refractivity contribution < 1.29 is 8.42 Å². The highest BCUT2D eigenvalue weighted by Crippen LogP contribution is 2.31. The SMILES string of the molecule is Cc1cc(C(C)(C)C)cc(C)c1CS(=O)(=O)[C@@H](C)c1nnnn1-c1ccccc1. The molecule has 3 rings (SSSR count). The first-order chi connectivity index (χ1) is 13.5. The van der Waals surface area contributed by atoms with Crippen molar-refractivity contribution >= 4 is 9.84 Å². The van der Waals surface area contributed by atoms with E-state index in [0.717, 1.165) is 22.4 Å². The fraction of sp³-hybridized carbons (Fsp3) is 0.409. The third-order valence-electron chi connectivity index (χ3n) is 5.30. The Hall–Kier alpha value is -2.54. The van der Waals surface area contributed by atoms with Crippen LogP contribution < -0.4 is 0 Å². The molecule has 0 aliphatic carbocycles. The second-order valence-corrected chi connectivity index (χ2v) is 10.9. The molecule has 3 aromatic rings. The van der Waals surface area contributed by atoms with Crippen LogP contribution in [0, 0.1) is 13.8 Å². The van der Waals surface area contributed by atoms with Gasteiger partial charge in [0.25, 0.3) is 0 Å². The molecule has 0 bridgehead atoms. The molecular weight excluding hydrogens is 384 g/mol. The van der Waals surface area contributed by atoms with Gasteiger partial charge in [-0.2, -0.15) is 4.68 Å². The Kier molecular flexibility index (Phi) is 5.63. The minimum absolute atomic E-state index is 0.0119. The largest absolute Gasteiger partial charge is 0.228 e. The van der Waals surface area contributed by atoms with Crippen LogP contribution in [0.2, 0.25) is 0 Å². The zero-order chi connectivity index (χ0) is 21.4. The van der Waals surface area contributed by atoms with Crippen LogP contribution in [0.25, 0.3) is 5.69 Å². The third-order valence-corrected chi connectivity index (χ3v) is 7.28. The molecule has 0 radical (unpaired) electrons. The molecule has 0 saturated carbocycles. The van der Waals surface area contributed by atoms with Crippen LogP contribution in [0.15, 0.2) is 42.5 Å². The fourth-order valence-electron chi connectivity index (χ4n) is 3.34. The monoisotopic (exact) mass is 412 g/mol. The number of sulfone groups is 1. The number of nitrogens with zero attached hydrogens (tertiary/aromatic N) is 4. The number of para-hydroxylation sites is 1. The summed E-state index contributed by atoms with van der Waals surface area (Å²) in [5.41, 5.74) is 4.79. The van der Waals surface area contributed by atoms with Crippen molar-refractivity contribution in [3.63, 3.8) is 0 Å². The van der Waals surface area contributed by atoms with Gasteiger partial charge >= 0.3 is 0 Å². The zero-order valence-electron chi connectivity index (χ0n) is 17.8. The van der Waals surface area contributed by atoms with E-state index in [1.54, 1.807) is 6.92 Å². The van der Waals surface area contributed by atoms with Gasteiger partial charge in [0, 0.05) is 0 Å². The lowest BCUT2D eigenvalue weighted by Gasteiger charge is -2.23. The maximum atomic E-state index is 13.3. The molecule has 154 valence electrons. The first-order valence-corrected chi connectivity index (χ1v) is 11.4. The molecule has 0 unspecified atom stereocenters. The molecule has 0 fully saturated rings. The molecule has 1 atom stereocenters. The normalized spacial score (nSPS) is 13.4. The lowest BCUT2D eigenvalue weighted by atomic mass is 9.84. The third kappa shape index (κ3) is 4.40. The summed E-state index contributed by atoms with van der Waals surface area (Å²) in [6.07, 6.45) is 0. The predicted octanol–water partition coefficient (Wildman–Crippen LogP) is 4.25. The topological polar surface area (TPSA) is 77.7 Å². The van der Waals surface area contributed by atoms with Crippen molar-refractivity contribution in [2.45, 2.75) is 58.0 Å². The van der Waals surface area contributed by atoms with Crippen LogP contribution in [-0.2, 0) is 21.0 Å². The van der Waals surface area contributed by atoms with Crippen LogP contribution >= 0.6 is 0 Å². The van der Waals surface area contributed by atoms with E-state index in [1.165, 1.54) is 10.2 Å². The fourth-order valence-corrected chi connectivity index (χ4v) is 4.92. The summed E-state index contributed by atoms with van der Waals surface area (Å²) in [5.74, 6) is 0.274. The van der Waals surface area contributed by atoms with Gasteiger partial charge in [-0.1, -0.05) is 51.1 Å². The maximum absolute atomic E-state index is 13.3. The second-order valence-electron chi connectivity index (χ2n) is 8.57. The lowest BCUT2D eigenvalue weighted by Crippen LogP contribution is -2.19. The molecule has 0 spiro atoms. The first kappa shape index (κ1) is 21.2. The minimum Gasteiger partial charge on any atom is -0.228 e. The minimum atomic E-state index is -3.52. The molecule has 7 heteroatoms. The van der Waals surface area contributed by atoms with Crippen LogP contribution in [0.1, 0.15) is 61.0 Å². The standard InChI is InChI=1S/C22H28N4O2S/c1-15-12-18(22(4,5)6)13-16(2)20(15)14-29(27,28)17(3)21-23-24-25-26(21)19-10-8-7-9-11-19/h7-13,17H,14H2,1-6H3/t17-/m0/s1. The van der Waals surface area contributed by atoms with E-state index in [-0.39, 0.29) is 11.2 Å². The molecule has 0 aliphatic heterocycles. The number of aromatic nitrogens is 4. The van der Waals surface area contributed by atoms with Gasteiger partial charge in [0.15, 0.2) is 15.7 Å². The molecule has 1 aromatic heterocycles. The van der Waals surface area contributed by atoms with Gasteiger partial charge in [-0.15, -0.1) is 5.10 Å². The molecule has 2 aromatic carbocycles. The highest BCUT2D eigenvalue weighted by Gasteiger charge is 2.30. The number of hydrogen-bond acceptors (Lipinski definition) is 5. The van der Waals surface area contributed by atoms with Crippen molar-refractivity contribution in [1.29, 1.82) is 0 Å². The van der Waals surface area contributed by atoms with E-state index in [9.17, 15) is 8.42 Å². The molecule has 0 aliphatic rings. The number of hydrogen-bond donors (Lipinski definition) is 0. The van der Waals surface area contributed by atoms with Crippen molar-refractivity contribution in [3.8, 4) is 5.69 Å². The Morgan fingerprint density at radius 3 is 2.17 bits per heavy atom. The summed E-state index contributed by atoms with van der Waals surface area (Å²) in [7, 11) is -3.52. The number of rotatable bonds is 5. The number of tetrazole rings is 1. The number of benzene rings is 2. The van der Waals surface area contributed by atoms with Gasteiger partial charge < -0.3 is 0 Å². The summed E-state index contributed by atoms with van der Waals surface area (Å²) in [4.78, 5) is 0. The Morgan fingerprint density at radius 2 is 1.62 bits per heavy atom. The van der Waals surface area contributed by atoms with Crippen LogP contribution in [0.3, 0.4) is 0 Å². The van der Waals surface area contributed by atoms with Crippen molar-refractivity contribution in [2.24, 2.45) is 0 Å². The molecular formula is C22H28N4O2S.